The number of methoxy groups -OCH3 is 2. The van der Waals surface area contributed by atoms with Crippen LogP contribution in [0.2, 0.25) is 0 Å². The maximum atomic E-state index is 11.9. The number of carbonyl (C=O) groups is 2. The molecule has 0 spiro atoms. The number of amides is 1. The van der Waals surface area contributed by atoms with Crippen molar-refractivity contribution < 1.29 is 19.1 Å². The molecule has 0 bridgehead atoms. The maximum absolute atomic E-state index is 11.9. The average Bonchev–Trinajstić information content (AvgIpc) is 3.03. The average molecular weight is 312 g/mol. The lowest BCUT2D eigenvalue weighted by Crippen LogP contribution is -2.30. The van der Waals surface area contributed by atoms with E-state index in [9.17, 15) is 9.59 Å². The lowest BCUT2D eigenvalue weighted by Gasteiger charge is -2.07. The van der Waals surface area contributed by atoms with Crippen LogP contribution >= 0.6 is 11.3 Å². The van der Waals surface area contributed by atoms with E-state index in [1.165, 1.54) is 23.3 Å². The molecule has 6 nitrogen and oxygen atoms in total. The van der Waals surface area contributed by atoms with E-state index < -0.39 is 0 Å². The largest absolute Gasteiger partial charge is 0.465 e. The summed E-state index contributed by atoms with van der Waals surface area (Å²) in [4.78, 5) is 25.0. The molecule has 1 heterocycles. The fraction of sp³-hybridized carbons (Fsp3) is 0.571. The van der Waals surface area contributed by atoms with E-state index in [2.05, 4.69) is 10.6 Å². The topological polar surface area (TPSA) is 76.7 Å². The Labute approximate surface area is 127 Å². The molecule has 1 aliphatic rings. The third-order valence-corrected chi connectivity index (χ3v) is 4.54. The third kappa shape index (κ3) is 3.81. The van der Waals surface area contributed by atoms with Gasteiger partial charge in [0.15, 0.2) is 0 Å². The van der Waals surface area contributed by atoms with E-state index >= 15 is 0 Å². The Morgan fingerprint density at radius 2 is 2.10 bits per heavy atom. The molecule has 2 rings (SSSR count). The van der Waals surface area contributed by atoms with Crippen molar-refractivity contribution in [3.8, 4) is 0 Å². The molecule has 0 radical (unpaired) electrons. The van der Waals surface area contributed by atoms with Crippen molar-refractivity contribution in [2.45, 2.75) is 19.3 Å². The zero-order valence-corrected chi connectivity index (χ0v) is 13.1. The number of esters is 1. The second kappa shape index (κ2) is 7.53. The molecular weight excluding hydrogens is 292 g/mol. The molecule has 1 aliphatic carbocycles. The van der Waals surface area contributed by atoms with Gasteiger partial charge >= 0.3 is 5.97 Å². The molecular formula is C14H20N2O4S. The van der Waals surface area contributed by atoms with Gasteiger partial charge in [0, 0.05) is 18.5 Å². The molecule has 0 saturated carbocycles. The first-order valence-corrected chi connectivity index (χ1v) is 7.71. The van der Waals surface area contributed by atoms with Crippen LogP contribution in [-0.4, -0.2) is 45.8 Å². The number of nitrogens with one attached hydrogen (secondary N) is 2. The van der Waals surface area contributed by atoms with Gasteiger partial charge in [-0.15, -0.1) is 11.3 Å². The lowest BCUT2D eigenvalue weighted by atomic mass is 10.1. The van der Waals surface area contributed by atoms with Crippen LogP contribution in [-0.2, 0) is 27.1 Å². The van der Waals surface area contributed by atoms with Crippen LogP contribution in [0.3, 0.4) is 0 Å². The van der Waals surface area contributed by atoms with Gasteiger partial charge in [-0.25, -0.2) is 4.79 Å². The highest BCUT2D eigenvalue weighted by Crippen LogP contribution is 2.39. The summed E-state index contributed by atoms with van der Waals surface area (Å²) in [6.07, 6.45) is 2.89. The zero-order valence-electron chi connectivity index (χ0n) is 12.3. The van der Waals surface area contributed by atoms with Gasteiger partial charge in [-0.2, -0.15) is 0 Å². The van der Waals surface area contributed by atoms with E-state index in [0.29, 0.717) is 23.7 Å². The normalized spacial score (nSPS) is 13.0. The van der Waals surface area contributed by atoms with Gasteiger partial charge in [0.25, 0.3) is 0 Å². The van der Waals surface area contributed by atoms with Crippen molar-refractivity contribution in [2.24, 2.45) is 0 Å². The fourth-order valence-corrected chi connectivity index (χ4v) is 3.65. The van der Waals surface area contributed by atoms with Gasteiger partial charge in [-0.05, 0) is 24.8 Å². The molecule has 0 aliphatic heterocycles. The van der Waals surface area contributed by atoms with Crippen LogP contribution in [0.25, 0.3) is 0 Å². The monoisotopic (exact) mass is 312 g/mol. The third-order valence-electron chi connectivity index (χ3n) is 3.33. The van der Waals surface area contributed by atoms with Gasteiger partial charge in [-0.3, -0.25) is 4.79 Å². The maximum Gasteiger partial charge on any atom is 0.341 e. The SMILES string of the molecule is COCCNCC(=O)Nc1sc2c(c1C(=O)OC)CCC2. The van der Waals surface area contributed by atoms with Crippen LogP contribution in [0.15, 0.2) is 0 Å². The number of aryl methyl sites for hydroxylation is 1. The summed E-state index contributed by atoms with van der Waals surface area (Å²) in [5, 5.41) is 6.38. The highest BCUT2D eigenvalue weighted by molar-refractivity contribution is 7.17. The van der Waals surface area contributed by atoms with Crippen molar-refractivity contribution in [1.82, 2.24) is 5.32 Å². The first-order chi connectivity index (χ1) is 10.2. The second-order valence-electron chi connectivity index (χ2n) is 4.77. The molecule has 0 aromatic carbocycles. The van der Waals surface area contributed by atoms with Crippen LogP contribution in [0.5, 0.6) is 0 Å². The molecule has 2 N–H and O–H groups in total. The van der Waals surface area contributed by atoms with Gasteiger partial charge in [-0.1, -0.05) is 0 Å². The summed E-state index contributed by atoms with van der Waals surface area (Å²) >= 11 is 1.48. The van der Waals surface area contributed by atoms with Crippen LogP contribution in [0.1, 0.15) is 27.2 Å². The highest BCUT2D eigenvalue weighted by atomic mass is 32.1. The van der Waals surface area contributed by atoms with Crippen molar-refractivity contribution >= 4 is 28.2 Å². The summed E-state index contributed by atoms with van der Waals surface area (Å²) in [6, 6.07) is 0. The zero-order chi connectivity index (χ0) is 15.2. The Morgan fingerprint density at radius 3 is 2.81 bits per heavy atom. The quantitative estimate of drug-likeness (QED) is 0.584. The molecule has 7 heteroatoms. The molecule has 1 aromatic rings. The number of carbonyl (C=O) groups excluding carboxylic acids is 2. The van der Waals surface area contributed by atoms with Gasteiger partial charge < -0.3 is 20.1 Å². The Hall–Kier alpha value is -1.44. The van der Waals surface area contributed by atoms with Crippen LogP contribution in [0.4, 0.5) is 5.00 Å². The Morgan fingerprint density at radius 1 is 1.29 bits per heavy atom. The first-order valence-electron chi connectivity index (χ1n) is 6.89. The predicted octanol–water partition coefficient (Wildman–Crippen LogP) is 1.20. The number of fused-ring (bicyclic) bond motifs is 1. The number of hydrogen-bond donors (Lipinski definition) is 2. The molecule has 1 aromatic heterocycles. The van der Waals surface area contributed by atoms with Crippen molar-refractivity contribution in [1.29, 1.82) is 0 Å². The van der Waals surface area contributed by atoms with Crippen molar-refractivity contribution in [3.63, 3.8) is 0 Å². The smallest absolute Gasteiger partial charge is 0.341 e. The molecule has 0 unspecified atom stereocenters. The minimum atomic E-state index is -0.378. The Bertz CT molecular complexity index is 527. The van der Waals surface area contributed by atoms with Crippen molar-refractivity contribution in [3.05, 3.63) is 16.0 Å². The summed E-state index contributed by atoms with van der Waals surface area (Å²) in [5.74, 6) is -0.548. The summed E-state index contributed by atoms with van der Waals surface area (Å²) < 4.78 is 9.73. The molecule has 21 heavy (non-hydrogen) atoms. The van der Waals surface area contributed by atoms with E-state index in [1.807, 2.05) is 0 Å². The predicted molar refractivity (Wildman–Crippen MR) is 81.1 cm³/mol. The van der Waals surface area contributed by atoms with E-state index in [-0.39, 0.29) is 18.4 Å². The fourth-order valence-electron chi connectivity index (χ4n) is 2.36. The molecule has 0 atom stereocenters. The van der Waals surface area contributed by atoms with Crippen LogP contribution < -0.4 is 10.6 Å². The summed E-state index contributed by atoms with van der Waals surface area (Å²) in [6.45, 7) is 1.34. The molecule has 1 amide bonds. The lowest BCUT2D eigenvalue weighted by molar-refractivity contribution is -0.115. The van der Waals surface area contributed by atoms with E-state index in [1.54, 1.807) is 7.11 Å². The van der Waals surface area contributed by atoms with Crippen LogP contribution in [0, 0.1) is 0 Å². The van der Waals surface area contributed by atoms with Gasteiger partial charge in [0.1, 0.15) is 5.00 Å². The van der Waals surface area contributed by atoms with E-state index in [4.69, 9.17) is 9.47 Å². The second-order valence-corrected chi connectivity index (χ2v) is 5.88. The van der Waals surface area contributed by atoms with Gasteiger partial charge in [0.2, 0.25) is 5.91 Å². The number of ether oxygens (including phenoxy) is 2. The van der Waals surface area contributed by atoms with E-state index in [0.717, 1.165) is 24.8 Å². The van der Waals surface area contributed by atoms with Crippen molar-refractivity contribution in [2.75, 3.05) is 39.2 Å². The number of rotatable bonds is 7. The first kappa shape index (κ1) is 15.9. The summed E-state index contributed by atoms with van der Waals surface area (Å²) in [7, 11) is 2.97. The molecule has 0 fully saturated rings. The van der Waals surface area contributed by atoms with Gasteiger partial charge in [0.05, 0.1) is 25.8 Å². The molecule has 0 saturated heterocycles. The Kier molecular flexibility index (Phi) is 5.72. The summed E-state index contributed by atoms with van der Waals surface area (Å²) in [5.41, 5.74) is 1.56. The minimum Gasteiger partial charge on any atom is -0.465 e. The molecule has 116 valence electrons. The number of thiophene rings is 1. The highest BCUT2D eigenvalue weighted by Gasteiger charge is 2.27. The standard InChI is InChI=1S/C14H20N2O4S/c1-19-7-6-15-8-11(17)16-13-12(14(18)20-2)9-4-3-5-10(9)21-13/h15H,3-8H2,1-2H3,(H,16,17). The minimum absolute atomic E-state index is 0.170. The number of anilines is 1. The Balaban J connectivity index is 2.03. The number of hydrogen-bond acceptors (Lipinski definition) is 6.